The number of pyridine rings is 1. The van der Waals surface area contributed by atoms with Crippen molar-refractivity contribution in [2.75, 3.05) is 24.6 Å². The molecule has 0 spiro atoms. The highest BCUT2D eigenvalue weighted by Crippen LogP contribution is 2.28. The van der Waals surface area contributed by atoms with Crippen LogP contribution >= 0.6 is 11.8 Å². The Morgan fingerprint density at radius 2 is 2.05 bits per heavy atom. The molecule has 1 amide bonds. The molecule has 6 heteroatoms. The van der Waals surface area contributed by atoms with Crippen molar-refractivity contribution in [2.24, 2.45) is 4.99 Å². The minimum atomic E-state index is -0.453. The second-order valence-electron chi connectivity index (χ2n) is 4.47. The molecular formula is C13H15N3O2S. The first-order valence-corrected chi connectivity index (χ1v) is 7.45. The second kappa shape index (κ2) is 5.61. The number of amides is 1. The Kier molecular flexibility index (Phi) is 3.68. The minimum Gasteiger partial charge on any atom is -0.473 e. The second-order valence-corrected chi connectivity index (χ2v) is 5.70. The predicted molar refractivity (Wildman–Crippen MR) is 74.2 cm³/mol. The summed E-state index contributed by atoms with van der Waals surface area (Å²) in [5.74, 6) is 2.07. The van der Waals surface area contributed by atoms with Gasteiger partial charge in [-0.3, -0.25) is 9.78 Å². The Balaban J connectivity index is 1.75. The normalized spacial score (nSPS) is 26.2. The van der Waals surface area contributed by atoms with E-state index in [1.165, 1.54) is 6.40 Å². The van der Waals surface area contributed by atoms with E-state index >= 15 is 0 Å². The molecule has 1 saturated heterocycles. The fraction of sp³-hybridized carbons (Fsp3) is 0.462. The van der Waals surface area contributed by atoms with Gasteiger partial charge in [0.1, 0.15) is 0 Å². The highest BCUT2D eigenvalue weighted by Gasteiger charge is 2.36. The molecule has 1 aromatic rings. The van der Waals surface area contributed by atoms with Crippen LogP contribution in [-0.4, -0.2) is 52.8 Å². The average Bonchev–Trinajstić information content (AvgIpc) is 2.98. The Hall–Kier alpha value is -1.56. The van der Waals surface area contributed by atoms with Crippen molar-refractivity contribution in [1.82, 2.24) is 9.88 Å². The molecule has 0 radical (unpaired) electrons. The predicted octanol–water partition coefficient (Wildman–Crippen LogP) is 1.13. The molecule has 0 aromatic carbocycles. The zero-order valence-electron chi connectivity index (χ0n) is 10.4. The fourth-order valence-corrected chi connectivity index (χ4v) is 3.20. The van der Waals surface area contributed by atoms with Crippen LogP contribution in [0, 0.1) is 0 Å². The smallest absolute Gasteiger partial charge is 0.251 e. The number of hydrogen-bond donors (Lipinski definition) is 0. The third-order valence-corrected chi connectivity index (χ3v) is 4.27. The SMILES string of the molecule is O=C([C@H]1N=CO[C@@H]1c1ccncc1)N1CCSCC1. The van der Waals surface area contributed by atoms with Crippen molar-refractivity contribution >= 4 is 24.1 Å². The van der Waals surface area contributed by atoms with Gasteiger partial charge in [0.15, 0.2) is 18.5 Å². The zero-order chi connectivity index (χ0) is 13.1. The molecule has 0 saturated carbocycles. The van der Waals surface area contributed by atoms with Gasteiger partial charge in [0.2, 0.25) is 0 Å². The van der Waals surface area contributed by atoms with Gasteiger partial charge in [0, 0.05) is 37.0 Å². The van der Waals surface area contributed by atoms with E-state index in [2.05, 4.69) is 9.98 Å². The Labute approximate surface area is 116 Å². The van der Waals surface area contributed by atoms with Crippen LogP contribution in [0.5, 0.6) is 0 Å². The summed E-state index contributed by atoms with van der Waals surface area (Å²) in [6.45, 7) is 1.61. The summed E-state index contributed by atoms with van der Waals surface area (Å²) in [4.78, 5) is 22.6. The summed E-state index contributed by atoms with van der Waals surface area (Å²) in [7, 11) is 0. The maximum atomic E-state index is 12.5. The summed E-state index contributed by atoms with van der Waals surface area (Å²) in [5.41, 5.74) is 0.942. The van der Waals surface area contributed by atoms with E-state index in [-0.39, 0.29) is 12.0 Å². The maximum absolute atomic E-state index is 12.5. The molecule has 3 heterocycles. The van der Waals surface area contributed by atoms with Crippen LogP contribution < -0.4 is 0 Å². The van der Waals surface area contributed by atoms with Gasteiger partial charge in [-0.1, -0.05) is 0 Å². The first-order chi connectivity index (χ1) is 9.36. The molecule has 0 bridgehead atoms. The van der Waals surface area contributed by atoms with Gasteiger partial charge >= 0.3 is 0 Å². The van der Waals surface area contributed by atoms with Gasteiger partial charge in [0.25, 0.3) is 5.91 Å². The molecule has 2 aliphatic heterocycles. The van der Waals surface area contributed by atoms with Gasteiger partial charge in [-0.2, -0.15) is 11.8 Å². The summed E-state index contributed by atoms with van der Waals surface area (Å²) < 4.78 is 5.49. The monoisotopic (exact) mass is 277 g/mol. The van der Waals surface area contributed by atoms with E-state index in [0.717, 1.165) is 30.2 Å². The fourth-order valence-electron chi connectivity index (χ4n) is 2.30. The van der Waals surface area contributed by atoms with Crippen LogP contribution in [-0.2, 0) is 9.53 Å². The van der Waals surface area contributed by atoms with E-state index in [1.807, 2.05) is 28.8 Å². The number of nitrogens with zero attached hydrogens (tertiary/aromatic N) is 3. The molecule has 19 heavy (non-hydrogen) atoms. The lowest BCUT2D eigenvalue weighted by molar-refractivity contribution is -0.133. The number of aliphatic imine (C=N–C) groups is 1. The number of ether oxygens (including phenoxy) is 1. The summed E-state index contributed by atoms with van der Waals surface area (Å²) >= 11 is 1.88. The van der Waals surface area contributed by atoms with Crippen LogP contribution in [0.4, 0.5) is 0 Å². The summed E-state index contributed by atoms with van der Waals surface area (Å²) in [6, 6.07) is 3.28. The highest BCUT2D eigenvalue weighted by atomic mass is 32.2. The molecular weight excluding hydrogens is 262 g/mol. The standard InChI is InChI=1S/C13H15N3O2S/c17-13(16-5-7-19-8-6-16)11-12(18-9-15-11)10-1-3-14-4-2-10/h1-4,9,11-12H,5-8H2/t11-,12+/m0/s1. The van der Waals surface area contributed by atoms with Crippen LogP contribution in [0.1, 0.15) is 11.7 Å². The summed E-state index contributed by atoms with van der Waals surface area (Å²) in [6.07, 6.45) is 4.49. The minimum absolute atomic E-state index is 0.0656. The number of carbonyl (C=O) groups excluding carboxylic acids is 1. The first-order valence-electron chi connectivity index (χ1n) is 6.30. The number of hydrogen-bond acceptors (Lipinski definition) is 5. The average molecular weight is 277 g/mol. The first kappa shape index (κ1) is 12.5. The number of aromatic nitrogens is 1. The summed E-state index contributed by atoms with van der Waals surface area (Å²) in [5, 5.41) is 0. The van der Waals surface area contributed by atoms with Crippen LogP contribution in [0.3, 0.4) is 0 Å². The molecule has 5 nitrogen and oxygen atoms in total. The molecule has 1 fully saturated rings. The molecule has 0 aliphatic carbocycles. The van der Waals surface area contributed by atoms with Crippen molar-refractivity contribution < 1.29 is 9.53 Å². The molecule has 0 unspecified atom stereocenters. The number of carbonyl (C=O) groups is 1. The Bertz CT molecular complexity index is 474. The molecule has 2 atom stereocenters. The van der Waals surface area contributed by atoms with Crippen molar-refractivity contribution in [2.45, 2.75) is 12.1 Å². The lowest BCUT2D eigenvalue weighted by Gasteiger charge is -2.29. The van der Waals surface area contributed by atoms with E-state index in [0.29, 0.717) is 0 Å². The third-order valence-electron chi connectivity index (χ3n) is 3.33. The van der Waals surface area contributed by atoms with Crippen LogP contribution in [0.15, 0.2) is 29.5 Å². The van der Waals surface area contributed by atoms with Crippen LogP contribution in [0.2, 0.25) is 0 Å². The van der Waals surface area contributed by atoms with Gasteiger partial charge in [0.05, 0.1) is 0 Å². The molecule has 3 rings (SSSR count). The lowest BCUT2D eigenvalue weighted by Crippen LogP contribution is -2.44. The molecule has 2 aliphatic rings. The van der Waals surface area contributed by atoms with Gasteiger partial charge < -0.3 is 9.64 Å². The zero-order valence-corrected chi connectivity index (χ0v) is 11.3. The van der Waals surface area contributed by atoms with Crippen molar-refractivity contribution in [3.63, 3.8) is 0 Å². The third kappa shape index (κ3) is 2.58. The Morgan fingerprint density at radius 3 is 2.79 bits per heavy atom. The van der Waals surface area contributed by atoms with Gasteiger partial charge in [-0.05, 0) is 17.7 Å². The van der Waals surface area contributed by atoms with Gasteiger partial charge in [-0.25, -0.2) is 4.99 Å². The number of thioether (sulfide) groups is 1. The Morgan fingerprint density at radius 1 is 1.32 bits per heavy atom. The molecule has 0 N–H and O–H groups in total. The molecule has 1 aromatic heterocycles. The van der Waals surface area contributed by atoms with Crippen LogP contribution in [0.25, 0.3) is 0 Å². The van der Waals surface area contributed by atoms with Crippen molar-refractivity contribution in [1.29, 1.82) is 0 Å². The highest BCUT2D eigenvalue weighted by molar-refractivity contribution is 7.99. The van der Waals surface area contributed by atoms with E-state index in [4.69, 9.17) is 4.74 Å². The van der Waals surface area contributed by atoms with E-state index < -0.39 is 6.04 Å². The van der Waals surface area contributed by atoms with Gasteiger partial charge in [-0.15, -0.1) is 0 Å². The van der Waals surface area contributed by atoms with E-state index in [1.54, 1.807) is 12.4 Å². The molecule has 100 valence electrons. The topological polar surface area (TPSA) is 54.8 Å². The van der Waals surface area contributed by atoms with Crippen molar-refractivity contribution in [3.05, 3.63) is 30.1 Å². The lowest BCUT2D eigenvalue weighted by atomic mass is 10.0. The largest absolute Gasteiger partial charge is 0.473 e. The quantitative estimate of drug-likeness (QED) is 0.813. The number of rotatable bonds is 2. The van der Waals surface area contributed by atoms with Crippen molar-refractivity contribution in [3.8, 4) is 0 Å². The maximum Gasteiger partial charge on any atom is 0.251 e. The van der Waals surface area contributed by atoms with E-state index in [9.17, 15) is 4.79 Å².